The van der Waals surface area contributed by atoms with E-state index in [4.69, 9.17) is 5.73 Å². The highest BCUT2D eigenvalue weighted by atomic mass is 14.6. The van der Waals surface area contributed by atoms with Crippen LogP contribution in [-0.2, 0) is 0 Å². The lowest BCUT2D eigenvalue weighted by molar-refractivity contribution is 0.399. The highest BCUT2D eigenvalue weighted by Gasteiger charge is 2.15. The molecule has 0 heterocycles. The van der Waals surface area contributed by atoms with Crippen molar-refractivity contribution in [1.82, 2.24) is 0 Å². The highest BCUT2D eigenvalue weighted by molar-refractivity contribution is 4.95. The molecule has 1 heteroatoms. The SMILES string of the molecule is CC[C@H]1CC=CC[C@H]1N. The van der Waals surface area contributed by atoms with E-state index in [1.54, 1.807) is 0 Å². The molecule has 0 amide bonds. The molecule has 0 saturated heterocycles. The van der Waals surface area contributed by atoms with E-state index in [9.17, 15) is 0 Å². The van der Waals surface area contributed by atoms with Crippen molar-refractivity contribution in [3.05, 3.63) is 12.2 Å². The zero-order chi connectivity index (χ0) is 6.69. The van der Waals surface area contributed by atoms with Gasteiger partial charge in [0.1, 0.15) is 0 Å². The molecule has 0 aromatic rings. The lowest BCUT2D eigenvalue weighted by atomic mass is 9.88. The van der Waals surface area contributed by atoms with Gasteiger partial charge in [0.15, 0.2) is 0 Å². The van der Waals surface area contributed by atoms with Crippen LogP contribution in [0.15, 0.2) is 12.2 Å². The normalized spacial score (nSPS) is 34.9. The van der Waals surface area contributed by atoms with Crippen LogP contribution in [0.2, 0.25) is 0 Å². The van der Waals surface area contributed by atoms with Gasteiger partial charge in [0.05, 0.1) is 0 Å². The minimum Gasteiger partial charge on any atom is -0.327 e. The van der Waals surface area contributed by atoms with Crippen molar-refractivity contribution in [2.24, 2.45) is 11.7 Å². The highest BCUT2D eigenvalue weighted by Crippen LogP contribution is 2.19. The molecule has 52 valence electrons. The van der Waals surface area contributed by atoms with Crippen LogP contribution in [0.25, 0.3) is 0 Å². The molecule has 1 rings (SSSR count). The summed E-state index contributed by atoms with van der Waals surface area (Å²) in [6.45, 7) is 2.21. The number of hydrogen-bond acceptors (Lipinski definition) is 1. The van der Waals surface area contributed by atoms with Gasteiger partial charge in [0, 0.05) is 6.04 Å². The minimum atomic E-state index is 0.431. The van der Waals surface area contributed by atoms with Crippen LogP contribution in [0.5, 0.6) is 0 Å². The third kappa shape index (κ3) is 1.55. The van der Waals surface area contributed by atoms with Crippen LogP contribution in [0.3, 0.4) is 0 Å². The number of hydrogen-bond donors (Lipinski definition) is 1. The molecule has 1 nitrogen and oxygen atoms in total. The summed E-state index contributed by atoms with van der Waals surface area (Å²) in [6.07, 6.45) is 7.94. The first-order chi connectivity index (χ1) is 4.34. The molecule has 2 N–H and O–H groups in total. The third-order valence-corrected chi connectivity index (χ3v) is 2.14. The Balaban J connectivity index is 2.43. The summed E-state index contributed by atoms with van der Waals surface area (Å²) in [5.41, 5.74) is 5.84. The van der Waals surface area contributed by atoms with Crippen molar-refractivity contribution in [3.8, 4) is 0 Å². The molecular formula is C8H15N. The van der Waals surface area contributed by atoms with Crippen LogP contribution < -0.4 is 5.73 Å². The molecule has 0 fully saturated rings. The monoisotopic (exact) mass is 125 g/mol. The van der Waals surface area contributed by atoms with Gasteiger partial charge in [0.2, 0.25) is 0 Å². The Hall–Kier alpha value is -0.300. The van der Waals surface area contributed by atoms with E-state index in [2.05, 4.69) is 19.1 Å². The van der Waals surface area contributed by atoms with E-state index < -0.39 is 0 Å². The summed E-state index contributed by atoms with van der Waals surface area (Å²) in [5, 5.41) is 0. The Morgan fingerprint density at radius 3 is 2.56 bits per heavy atom. The van der Waals surface area contributed by atoms with Crippen molar-refractivity contribution >= 4 is 0 Å². The molecule has 0 aromatic heterocycles. The van der Waals surface area contributed by atoms with Gasteiger partial charge in [0.25, 0.3) is 0 Å². The quantitative estimate of drug-likeness (QED) is 0.530. The lowest BCUT2D eigenvalue weighted by Gasteiger charge is -2.23. The Kier molecular flexibility index (Phi) is 2.29. The summed E-state index contributed by atoms with van der Waals surface area (Å²) in [4.78, 5) is 0. The molecule has 0 bridgehead atoms. The van der Waals surface area contributed by atoms with Gasteiger partial charge in [-0.25, -0.2) is 0 Å². The number of allylic oxidation sites excluding steroid dienone is 1. The average molecular weight is 125 g/mol. The molecule has 0 aliphatic heterocycles. The maximum absolute atomic E-state index is 5.84. The van der Waals surface area contributed by atoms with Gasteiger partial charge >= 0.3 is 0 Å². The maximum atomic E-state index is 5.84. The Morgan fingerprint density at radius 1 is 1.44 bits per heavy atom. The predicted octanol–water partition coefficient (Wildman–Crippen LogP) is 1.69. The van der Waals surface area contributed by atoms with Gasteiger partial charge in [-0.15, -0.1) is 0 Å². The van der Waals surface area contributed by atoms with Crippen LogP contribution in [0.4, 0.5) is 0 Å². The fraction of sp³-hybridized carbons (Fsp3) is 0.750. The summed E-state index contributed by atoms with van der Waals surface area (Å²) in [5.74, 6) is 0.745. The van der Waals surface area contributed by atoms with Crippen molar-refractivity contribution in [2.45, 2.75) is 32.2 Å². The molecule has 1 aliphatic rings. The summed E-state index contributed by atoms with van der Waals surface area (Å²) in [6, 6.07) is 0.431. The van der Waals surface area contributed by atoms with E-state index in [1.165, 1.54) is 12.8 Å². The second-order valence-electron chi connectivity index (χ2n) is 2.77. The van der Waals surface area contributed by atoms with E-state index in [1.807, 2.05) is 0 Å². The van der Waals surface area contributed by atoms with Crippen LogP contribution >= 0.6 is 0 Å². The van der Waals surface area contributed by atoms with Gasteiger partial charge in [-0.05, 0) is 18.8 Å². The van der Waals surface area contributed by atoms with Crippen LogP contribution in [0.1, 0.15) is 26.2 Å². The zero-order valence-corrected chi connectivity index (χ0v) is 6.01. The first-order valence-corrected chi connectivity index (χ1v) is 3.75. The van der Waals surface area contributed by atoms with Gasteiger partial charge < -0.3 is 5.73 Å². The Bertz CT molecular complexity index is 107. The van der Waals surface area contributed by atoms with Crippen molar-refractivity contribution in [3.63, 3.8) is 0 Å². The summed E-state index contributed by atoms with van der Waals surface area (Å²) in [7, 11) is 0. The topological polar surface area (TPSA) is 26.0 Å². The fourth-order valence-corrected chi connectivity index (χ4v) is 1.36. The molecule has 0 radical (unpaired) electrons. The van der Waals surface area contributed by atoms with Crippen LogP contribution in [-0.4, -0.2) is 6.04 Å². The fourth-order valence-electron chi connectivity index (χ4n) is 1.36. The molecule has 0 unspecified atom stereocenters. The number of rotatable bonds is 1. The van der Waals surface area contributed by atoms with Crippen molar-refractivity contribution in [1.29, 1.82) is 0 Å². The van der Waals surface area contributed by atoms with E-state index >= 15 is 0 Å². The standard InChI is InChI=1S/C8H15N/c1-2-7-5-3-4-6-8(7)9/h3-4,7-8H,2,5-6,9H2,1H3/t7-,8+/m0/s1. The maximum Gasteiger partial charge on any atom is 0.0105 e. The van der Waals surface area contributed by atoms with Crippen molar-refractivity contribution < 1.29 is 0 Å². The van der Waals surface area contributed by atoms with Gasteiger partial charge in [-0.1, -0.05) is 25.5 Å². The Labute approximate surface area is 56.9 Å². The predicted molar refractivity (Wildman–Crippen MR) is 40.1 cm³/mol. The molecule has 1 aliphatic carbocycles. The largest absolute Gasteiger partial charge is 0.327 e. The van der Waals surface area contributed by atoms with Gasteiger partial charge in [-0.2, -0.15) is 0 Å². The first kappa shape index (κ1) is 6.81. The second kappa shape index (κ2) is 3.02. The Morgan fingerprint density at radius 2 is 2.11 bits per heavy atom. The van der Waals surface area contributed by atoms with Crippen molar-refractivity contribution in [2.75, 3.05) is 0 Å². The molecule has 2 atom stereocenters. The third-order valence-electron chi connectivity index (χ3n) is 2.14. The summed E-state index contributed by atoms with van der Waals surface area (Å²) < 4.78 is 0. The zero-order valence-electron chi connectivity index (χ0n) is 6.01. The smallest absolute Gasteiger partial charge is 0.0105 e. The van der Waals surface area contributed by atoms with E-state index in [0.717, 1.165) is 12.3 Å². The summed E-state index contributed by atoms with van der Waals surface area (Å²) >= 11 is 0. The second-order valence-corrected chi connectivity index (χ2v) is 2.77. The number of nitrogens with two attached hydrogens (primary N) is 1. The lowest BCUT2D eigenvalue weighted by Crippen LogP contribution is -2.30. The molecule has 0 spiro atoms. The van der Waals surface area contributed by atoms with Gasteiger partial charge in [-0.3, -0.25) is 0 Å². The molecule has 0 saturated carbocycles. The average Bonchev–Trinajstić information content (AvgIpc) is 1.89. The molecule has 0 aromatic carbocycles. The molecule has 9 heavy (non-hydrogen) atoms. The van der Waals surface area contributed by atoms with E-state index in [-0.39, 0.29) is 0 Å². The van der Waals surface area contributed by atoms with E-state index in [0.29, 0.717) is 6.04 Å². The minimum absolute atomic E-state index is 0.431. The molecular weight excluding hydrogens is 110 g/mol. The van der Waals surface area contributed by atoms with Crippen LogP contribution in [0, 0.1) is 5.92 Å². The first-order valence-electron chi connectivity index (χ1n) is 3.75.